The first-order chi connectivity index (χ1) is 10.7. The van der Waals surface area contributed by atoms with Crippen molar-refractivity contribution in [3.8, 4) is 0 Å². The molecule has 0 bridgehead atoms. The number of halogens is 1. The molecule has 0 saturated carbocycles. The Hall–Kier alpha value is -1.10. The van der Waals surface area contributed by atoms with Crippen molar-refractivity contribution in [1.29, 1.82) is 0 Å². The molecule has 0 aromatic heterocycles. The third-order valence-electron chi connectivity index (χ3n) is 4.66. The van der Waals surface area contributed by atoms with Crippen molar-refractivity contribution >= 4 is 17.5 Å². The van der Waals surface area contributed by atoms with Gasteiger partial charge in [0.2, 0.25) is 5.91 Å². The van der Waals surface area contributed by atoms with Gasteiger partial charge in [-0.15, -0.1) is 0 Å². The molecule has 2 saturated heterocycles. The van der Waals surface area contributed by atoms with Crippen LogP contribution in [0.25, 0.3) is 0 Å². The van der Waals surface area contributed by atoms with Gasteiger partial charge in [0.1, 0.15) is 0 Å². The normalized spacial score (nSPS) is 21.3. The summed E-state index contributed by atoms with van der Waals surface area (Å²) in [7, 11) is 0. The van der Waals surface area contributed by atoms with Crippen LogP contribution < -0.4 is 5.32 Å². The van der Waals surface area contributed by atoms with Gasteiger partial charge in [0, 0.05) is 31.2 Å². The fourth-order valence-corrected chi connectivity index (χ4v) is 3.45. The van der Waals surface area contributed by atoms with Crippen LogP contribution in [0.5, 0.6) is 0 Å². The molecule has 0 atom stereocenters. The molecular formula is C17H24ClN3O. The van der Waals surface area contributed by atoms with Crippen molar-refractivity contribution in [1.82, 2.24) is 15.1 Å². The summed E-state index contributed by atoms with van der Waals surface area (Å²) in [6.45, 7) is 6.39. The average molecular weight is 322 g/mol. The van der Waals surface area contributed by atoms with Crippen molar-refractivity contribution in [2.75, 3.05) is 39.3 Å². The Kier molecular flexibility index (Phi) is 5.34. The minimum Gasteiger partial charge on any atom is -0.336 e. The third-order valence-corrected chi connectivity index (χ3v) is 4.91. The van der Waals surface area contributed by atoms with Gasteiger partial charge in [0.05, 0.1) is 6.54 Å². The van der Waals surface area contributed by atoms with Crippen LogP contribution in [0.15, 0.2) is 24.3 Å². The molecule has 22 heavy (non-hydrogen) atoms. The highest BCUT2D eigenvalue weighted by molar-refractivity contribution is 6.30. The molecule has 5 heteroatoms. The number of hydrogen-bond donors (Lipinski definition) is 1. The van der Waals surface area contributed by atoms with Crippen molar-refractivity contribution in [2.45, 2.75) is 19.4 Å². The summed E-state index contributed by atoms with van der Waals surface area (Å²) in [5.41, 5.74) is 1.14. The Balaban J connectivity index is 1.49. The SMILES string of the molecule is O=C1CN(CC2CCNCC2)CCN1Cc1ccc(Cl)cc1. The first-order valence-corrected chi connectivity index (χ1v) is 8.54. The summed E-state index contributed by atoms with van der Waals surface area (Å²) in [5, 5.41) is 4.13. The standard InChI is InChI=1S/C17H24ClN3O/c18-16-3-1-14(2-4-16)12-21-10-9-20(13-17(21)22)11-15-5-7-19-8-6-15/h1-4,15,19H,5-13H2. The lowest BCUT2D eigenvalue weighted by atomic mass is 9.97. The zero-order valence-corrected chi connectivity index (χ0v) is 13.7. The van der Waals surface area contributed by atoms with E-state index in [-0.39, 0.29) is 5.91 Å². The minimum atomic E-state index is 0.245. The van der Waals surface area contributed by atoms with E-state index in [9.17, 15) is 4.79 Å². The second kappa shape index (κ2) is 7.44. The monoisotopic (exact) mass is 321 g/mol. The summed E-state index contributed by atoms with van der Waals surface area (Å²) >= 11 is 5.90. The molecule has 120 valence electrons. The predicted molar refractivity (Wildman–Crippen MR) is 88.9 cm³/mol. The number of amides is 1. The Morgan fingerprint density at radius 2 is 1.86 bits per heavy atom. The van der Waals surface area contributed by atoms with E-state index in [1.165, 1.54) is 12.8 Å². The fourth-order valence-electron chi connectivity index (χ4n) is 3.32. The molecule has 1 aromatic carbocycles. The number of hydrogen-bond acceptors (Lipinski definition) is 3. The van der Waals surface area contributed by atoms with E-state index in [1.54, 1.807) is 0 Å². The van der Waals surface area contributed by atoms with Crippen LogP contribution in [0.3, 0.4) is 0 Å². The summed E-state index contributed by atoms with van der Waals surface area (Å²) in [6.07, 6.45) is 2.47. The van der Waals surface area contributed by atoms with Crippen LogP contribution >= 0.6 is 11.6 Å². The van der Waals surface area contributed by atoms with E-state index in [2.05, 4.69) is 10.2 Å². The predicted octanol–water partition coefficient (Wildman–Crippen LogP) is 1.98. The lowest BCUT2D eigenvalue weighted by Crippen LogP contribution is -2.51. The fraction of sp³-hybridized carbons (Fsp3) is 0.588. The summed E-state index contributed by atoms with van der Waals surface area (Å²) in [6, 6.07) is 7.76. The van der Waals surface area contributed by atoms with Gasteiger partial charge in [-0.25, -0.2) is 0 Å². The molecular weight excluding hydrogens is 298 g/mol. The highest BCUT2D eigenvalue weighted by Gasteiger charge is 2.26. The van der Waals surface area contributed by atoms with E-state index in [4.69, 9.17) is 11.6 Å². The lowest BCUT2D eigenvalue weighted by Gasteiger charge is -2.37. The van der Waals surface area contributed by atoms with Gasteiger partial charge in [-0.2, -0.15) is 0 Å². The zero-order chi connectivity index (χ0) is 15.4. The molecule has 2 aliphatic rings. The Morgan fingerprint density at radius 3 is 2.55 bits per heavy atom. The highest BCUT2D eigenvalue weighted by Crippen LogP contribution is 2.17. The maximum Gasteiger partial charge on any atom is 0.237 e. The molecule has 1 aromatic rings. The van der Waals surface area contributed by atoms with E-state index in [0.717, 1.165) is 49.2 Å². The van der Waals surface area contributed by atoms with Gasteiger partial charge in [-0.3, -0.25) is 9.69 Å². The van der Waals surface area contributed by atoms with Gasteiger partial charge in [0.25, 0.3) is 0 Å². The van der Waals surface area contributed by atoms with Gasteiger partial charge in [-0.05, 0) is 49.5 Å². The first-order valence-electron chi connectivity index (χ1n) is 8.16. The second-order valence-electron chi connectivity index (χ2n) is 6.37. The van der Waals surface area contributed by atoms with Crippen LogP contribution in [-0.4, -0.2) is 55.0 Å². The van der Waals surface area contributed by atoms with Crippen LogP contribution in [0.2, 0.25) is 5.02 Å². The van der Waals surface area contributed by atoms with Gasteiger partial charge in [-0.1, -0.05) is 23.7 Å². The van der Waals surface area contributed by atoms with E-state index < -0.39 is 0 Å². The zero-order valence-electron chi connectivity index (χ0n) is 12.9. The van der Waals surface area contributed by atoms with Gasteiger partial charge in [0.15, 0.2) is 0 Å². The largest absolute Gasteiger partial charge is 0.336 e. The molecule has 2 aliphatic heterocycles. The number of nitrogens with one attached hydrogen (secondary N) is 1. The van der Waals surface area contributed by atoms with Crippen molar-refractivity contribution < 1.29 is 4.79 Å². The van der Waals surface area contributed by atoms with Crippen molar-refractivity contribution in [3.63, 3.8) is 0 Å². The topological polar surface area (TPSA) is 35.6 Å². The number of carbonyl (C=O) groups is 1. The van der Waals surface area contributed by atoms with Gasteiger partial charge >= 0.3 is 0 Å². The van der Waals surface area contributed by atoms with Crippen LogP contribution in [0.1, 0.15) is 18.4 Å². The summed E-state index contributed by atoms with van der Waals surface area (Å²) in [4.78, 5) is 16.7. The maximum absolute atomic E-state index is 12.4. The summed E-state index contributed by atoms with van der Waals surface area (Å²) in [5.74, 6) is 0.993. The van der Waals surface area contributed by atoms with Gasteiger partial charge < -0.3 is 10.2 Å². The second-order valence-corrected chi connectivity index (χ2v) is 6.81. The third kappa shape index (κ3) is 4.22. The number of piperidine rings is 1. The van der Waals surface area contributed by atoms with Crippen LogP contribution in [0.4, 0.5) is 0 Å². The molecule has 0 spiro atoms. The molecule has 0 aliphatic carbocycles. The Labute approximate surface area is 137 Å². The number of piperazine rings is 1. The number of carbonyl (C=O) groups excluding carboxylic acids is 1. The lowest BCUT2D eigenvalue weighted by molar-refractivity contribution is -0.137. The molecule has 1 amide bonds. The van der Waals surface area contributed by atoms with Crippen LogP contribution in [-0.2, 0) is 11.3 Å². The van der Waals surface area contributed by atoms with E-state index in [0.29, 0.717) is 13.1 Å². The molecule has 1 N–H and O–H groups in total. The van der Waals surface area contributed by atoms with Crippen molar-refractivity contribution in [2.24, 2.45) is 5.92 Å². The average Bonchev–Trinajstić information content (AvgIpc) is 2.53. The molecule has 0 unspecified atom stereocenters. The Bertz CT molecular complexity index is 499. The molecule has 2 heterocycles. The molecule has 0 radical (unpaired) electrons. The first kappa shape index (κ1) is 15.8. The molecule has 3 rings (SSSR count). The van der Waals surface area contributed by atoms with Crippen molar-refractivity contribution in [3.05, 3.63) is 34.9 Å². The number of nitrogens with zero attached hydrogens (tertiary/aromatic N) is 2. The minimum absolute atomic E-state index is 0.245. The maximum atomic E-state index is 12.4. The Morgan fingerprint density at radius 1 is 1.14 bits per heavy atom. The number of benzene rings is 1. The quantitative estimate of drug-likeness (QED) is 0.921. The summed E-state index contributed by atoms with van der Waals surface area (Å²) < 4.78 is 0. The van der Waals surface area contributed by atoms with Crippen LogP contribution in [0, 0.1) is 5.92 Å². The highest BCUT2D eigenvalue weighted by atomic mass is 35.5. The smallest absolute Gasteiger partial charge is 0.237 e. The van der Waals surface area contributed by atoms with E-state index in [1.807, 2.05) is 29.2 Å². The molecule has 4 nitrogen and oxygen atoms in total. The molecule has 2 fully saturated rings. The number of rotatable bonds is 4. The van der Waals surface area contributed by atoms with E-state index >= 15 is 0 Å².